The molecule has 0 saturated carbocycles. The minimum atomic E-state index is 0. The van der Waals surface area contributed by atoms with Crippen molar-refractivity contribution in [2.75, 3.05) is 18.8 Å². The molecule has 0 radical (unpaired) electrons. The molecule has 1 amide bonds. The van der Waals surface area contributed by atoms with Crippen LogP contribution in [0.25, 0.3) is 10.2 Å². The Labute approximate surface area is 150 Å². The summed E-state index contributed by atoms with van der Waals surface area (Å²) in [5.74, 6) is 0.479. The van der Waals surface area contributed by atoms with E-state index in [0.717, 1.165) is 41.2 Å². The van der Waals surface area contributed by atoms with Crippen molar-refractivity contribution in [3.05, 3.63) is 16.8 Å². The highest BCUT2D eigenvalue weighted by molar-refractivity contribution is 8.00. The summed E-state index contributed by atoms with van der Waals surface area (Å²) in [6.45, 7) is 6.11. The molecular weight excluding hydrogens is 352 g/mol. The zero-order valence-electron chi connectivity index (χ0n) is 13.2. The number of nitrogens with one attached hydrogen (secondary N) is 2. The lowest BCUT2D eigenvalue weighted by atomic mass is 10.1. The summed E-state index contributed by atoms with van der Waals surface area (Å²) in [5.41, 5.74) is 1.22. The molecule has 1 aliphatic heterocycles. The molecule has 3 heterocycles. The van der Waals surface area contributed by atoms with Gasteiger partial charge in [-0.05, 0) is 38.8 Å². The predicted molar refractivity (Wildman–Crippen MR) is 98.9 cm³/mol. The number of aromatic nitrogens is 2. The first-order valence-corrected chi connectivity index (χ1v) is 9.29. The van der Waals surface area contributed by atoms with Crippen LogP contribution in [0.2, 0.25) is 0 Å². The summed E-state index contributed by atoms with van der Waals surface area (Å²) < 4.78 is 0. The van der Waals surface area contributed by atoms with E-state index in [1.165, 1.54) is 22.2 Å². The predicted octanol–water partition coefficient (Wildman–Crippen LogP) is 2.69. The first-order chi connectivity index (χ1) is 10.6. The molecule has 0 aliphatic carbocycles. The van der Waals surface area contributed by atoms with E-state index >= 15 is 0 Å². The fourth-order valence-corrected chi connectivity index (χ4v) is 4.57. The van der Waals surface area contributed by atoms with Gasteiger partial charge >= 0.3 is 0 Å². The van der Waals surface area contributed by atoms with Crippen molar-refractivity contribution in [2.24, 2.45) is 0 Å². The lowest BCUT2D eigenvalue weighted by Crippen LogP contribution is -2.46. The molecule has 1 saturated heterocycles. The van der Waals surface area contributed by atoms with Gasteiger partial charge in [0.05, 0.1) is 5.75 Å². The van der Waals surface area contributed by atoms with Crippen molar-refractivity contribution in [3.63, 3.8) is 0 Å². The zero-order valence-corrected chi connectivity index (χ0v) is 15.7. The number of carbonyl (C=O) groups excluding carboxylic acids is 1. The van der Waals surface area contributed by atoms with E-state index in [9.17, 15) is 4.79 Å². The van der Waals surface area contributed by atoms with Gasteiger partial charge in [-0.3, -0.25) is 4.79 Å². The van der Waals surface area contributed by atoms with Crippen LogP contribution in [0.15, 0.2) is 11.4 Å². The fourth-order valence-electron chi connectivity index (χ4n) is 2.64. The average Bonchev–Trinajstić information content (AvgIpc) is 2.82. The summed E-state index contributed by atoms with van der Waals surface area (Å²) in [5, 5.41) is 8.41. The molecule has 3 rings (SSSR count). The molecule has 2 aromatic rings. The molecule has 1 aliphatic rings. The molecule has 0 aromatic carbocycles. The van der Waals surface area contributed by atoms with E-state index in [-0.39, 0.29) is 24.4 Å². The molecule has 0 bridgehead atoms. The molecule has 1 atom stereocenters. The van der Waals surface area contributed by atoms with E-state index in [1.54, 1.807) is 17.7 Å². The van der Waals surface area contributed by atoms with E-state index in [1.807, 2.05) is 0 Å². The lowest BCUT2D eigenvalue weighted by Gasteiger charge is -2.23. The highest BCUT2D eigenvalue weighted by atomic mass is 35.5. The number of nitrogens with zero attached hydrogens (tertiary/aromatic N) is 2. The van der Waals surface area contributed by atoms with Gasteiger partial charge in [0, 0.05) is 22.8 Å². The van der Waals surface area contributed by atoms with Gasteiger partial charge in [0.15, 0.2) is 0 Å². The van der Waals surface area contributed by atoms with Crippen LogP contribution >= 0.6 is 35.5 Å². The van der Waals surface area contributed by atoms with Gasteiger partial charge in [-0.2, -0.15) is 0 Å². The monoisotopic (exact) mass is 372 g/mol. The maximum Gasteiger partial charge on any atom is 0.230 e. The Morgan fingerprint density at radius 2 is 2.30 bits per heavy atom. The van der Waals surface area contributed by atoms with E-state index in [2.05, 4.69) is 34.4 Å². The largest absolute Gasteiger partial charge is 0.351 e. The van der Waals surface area contributed by atoms with Gasteiger partial charge in [0.25, 0.3) is 0 Å². The third-order valence-electron chi connectivity index (χ3n) is 3.93. The molecule has 0 unspecified atom stereocenters. The summed E-state index contributed by atoms with van der Waals surface area (Å²) in [6, 6.07) is 0.261. The summed E-state index contributed by atoms with van der Waals surface area (Å²) in [6.07, 6.45) is 3.77. The van der Waals surface area contributed by atoms with Crippen LogP contribution in [-0.2, 0) is 4.79 Å². The van der Waals surface area contributed by atoms with E-state index in [4.69, 9.17) is 0 Å². The molecule has 126 valence electrons. The first kappa shape index (κ1) is 18.4. The van der Waals surface area contributed by atoms with Gasteiger partial charge in [0.2, 0.25) is 5.91 Å². The second-order valence-electron chi connectivity index (χ2n) is 5.54. The van der Waals surface area contributed by atoms with Crippen LogP contribution in [0, 0.1) is 13.8 Å². The summed E-state index contributed by atoms with van der Waals surface area (Å²) in [7, 11) is 0. The normalized spacial score (nSPS) is 17.7. The Morgan fingerprint density at radius 1 is 1.48 bits per heavy atom. The SMILES string of the molecule is Cc1sc2ncnc(SCC(=O)N[C@H]3CCCNC3)c2c1C.Cl. The molecule has 8 heteroatoms. The van der Waals surface area contributed by atoms with Crippen molar-refractivity contribution in [1.29, 1.82) is 0 Å². The number of carbonyl (C=O) groups is 1. The average molecular weight is 373 g/mol. The summed E-state index contributed by atoms with van der Waals surface area (Å²) in [4.78, 5) is 23.1. The molecular formula is C15H21ClN4OS2. The number of rotatable bonds is 4. The van der Waals surface area contributed by atoms with Gasteiger partial charge < -0.3 is 10.6 Å². The number of amides is 1. The van der Waals surface area contributed by atoms with Crippen molar-refractivity contribution in [2.45, 2.75) is 37.8 Å². The number of fused-ring (bicyclic) bond motifs is 1. The maximum atomic E-state index is 12.1. The Morgan fingerprint density at radius 3 is 3.04 bits per heavy atom. The first-order valence-electron chi connectivity index (χ1n) is 7.48. The topological polar surface area (TPSA) is 66.9 Å². The molecule has 2 aromatic heterocycles. The minimum Gasteiger partial charge on any atom is -0.351 e. The molecule has 23 heavy (non-hydrogen) atoms. The number of piperidine rings is 1. The van der Waals surface area contributed by atoms with Gasteiger partial charge in [0.1, 0.15) is 16.2 Å². The zero-order chi connectivity index (χ0) is 15.5. The van der Waals surface area contributed by atoms with E-state index < -0.39 is 0 Å². The van der Waals surface area contributed by atoms with Crippen molar-refractivity contribution in [3.8, 4) is 0 Å². The summed E-state index contributed by atoms with van der Waals surface area (Å²) >= 11 is 3.18. The maximum absolute atomic E-state index is 12.1. The second kappa shape index (κ2) is 8.28. The lowest BCUT2D eigenvalue weighted by molar-refractivity contribution is -0.119. The fraction of sp³-hybridized carbons (Fsp3) is 0.533. The second-order valence-corrected chi connectivity index (χ2v) is 7.71. The number of hydrogen-bond donors (Lipinski definition) is 2. The van der Waals surface area contributed by atoms with Gasteiger partial charge in [-0.15, -0.1) is 23.7 Å². The molecule has 0 spiro atoms. The third-order valence-corrected chi connectivity index (χ3v) is 6.04. The number of aryl methyl sites for hydroxylation is 2. The molecule has 2 N–H and O–H groups in total. The smallest absolute Gasteiger partial charge is 0.230 e. The van der Waals surface area contributed by atoms with Crippen LogP contribution in [0.1, 0.15) is 23.3 Å². The number of thiophene rings is 1. The molecule has 5 nitrogen and oxygen atoms in total. The molecule has 1 fully saturated rings. The van der Waals surface area contributed by atoms with Crippen molar-refractivity contribution < 1.29 is 4.79 Å². The van der Waals surface area contributed by atoms with Crippen LogP contribution in [0.5, 0.6) is 0 Å². The van der Waals surface area contributed by atoms with Crippen LogP contribution in [0.4, 0.5) is 0 Å². The quantitative estimate of drug-likeness (QED) is 0.638. The van der Waals surface area contributed by atoms with Crippen molar-refractivity contribution >= 4 is 51.6 Å². The van der Waals surface area contributed by atoms with Gasteiger partial charge in [-0.1, -0.05) is 11.8 Å². The van der Waals surface area contributed by atoms with E-state index in [0.29, 0.717) is 5.75 Å². The van der Waals surface area contributed by atoms with Crippen molar-refractivity contribution in [1.82, 2.24) is 20.6 Å². The highest BCUT2D eigenvalue weighted by Gasteiger charge is 2.17. The van der Waals surface area contributed by atoms with Crippen LogP contribution in [0.3, 0.4) is 0 Å². The third kappa shape index (κ3) is 4.35. The Hall–Kier alpha value is -0.890. The number of thioether (sulfide) groups is 1. The Bertz CT molecular complexity index is 685. The van der Waals surface area contributed by atoms with Crippen LogP contribution < -0.4 is 10.6 Å². The highest BCUT2D eigenvalue weighted by Crippen LogP contribution is 2.34. The number of hydrogen-bond acceptors (Lipinski definition) is 6. The Kier molecular flexibility index (Phi) is 6.64. The van der Waals surface area contributed by atoms with Gasteiger partial charge in [-0.25, -0.2) is 9.97 Å². The number of halogens is 1. The van der Waals surface area contributed by atoms with Crippen LogP contribution in [-0.4, -0.2) is 40.8 Å². The minimum absolute atomic E-state index is 0. The standard InChI is InChI=1S/C15H20N4OS2.ClH/c1-9-10(2)22-15-13(9)14(17-8-18-15)21-7-12(20)19-11-4-3-5-16-6-11;/h8,11,16H,3-7H2,1-2H3,(H,19,20);1H/t11-;/m0./s1. The Balaban J connectivity index is 0.00000192.